The number of para-hydroxylation sites is 1. The Bertz CT molecular complexity index is 1000. The Morgan fingerprint density at radius 1 is 1.31 bits per heavy atom. The number of fused-ring (bicyclic) bond motifs is 1. The number of carbonyl (C=O) groups excluding carboxylic acids is 1. The van der Waals surface area contributed by atoms with Crippen LogP contribution in [0.5, 0.6) is 5.75 Å². The average molecular weight is 408 g/mol. The Kier molecular flexibility index (Phi) is 5.92. The Hall–Kier alpha value is -2.70. The normalized spacial score (nSPS) is 13.8. The lowest BCUT2D eigenvalue weighted by Crippen LogP contribution is -2.32. The highest BCUT2D eigenvalue weighted by Crippen LogP contribution is 2.26. The number of phenols is 1. The topological polar surface area (TPSA) is 65.5 Å². The second-order valence-electron chi connectivity index (χ2n) is 7.50. The molecule has 0 aliphatic carbocycles. The molecule has 0 spiro atoms. The summed E-state index contributed by atoms with van der Waals surface area (Å²) >= 11 is 1.61. The fourth-order valence-corrected chi connectivity index (χ4v) is 4.53. The van der Waals surface area contributed by atoms with Crippen molar-refractivity contribution in [2.75, 3.05) is 6.54 Å². The number of benzene rings is 1. The summed E-state index contributed by atoms with van der Waals surface area (Å²) in [6.07, 6.45) is 3.29. The smallest absolute Gasteiger partial charge is 0.224 e. The van der Waals surface area contributed by atoms with Crippen LogP contribution >= 0.6 is 11.3 Å². The van der Waals surface area contributed by atoms with Gasteiger partial charge in [-0.3, -0.25) is 14.7 Å². The number of hydrogen-bond acceptors (Lipinski definition) is 5. The quantitative estimate of drug-likeness (QED) is 0.656. The van der Waals surface area contributed by atoms with E-state index in [2.05, 4.69) is 15.2 Å². The minimum absolute atomic E-state index is 0.0393. The molecule has 0 bridgehead atoms. The molecule has 6 heteroatoms. The first-order valence-electron chi connectivity index (χ1n) is 9.83. The van der Waals surface area contributed by atoms with Crippen molar-refractivity contribution in [2.45, 2.75) is 39.4 Å². The van der Waals surface area contributed by atoms with Crippen molar-refractivity contribution < 1.29 is 9.90 Å². The number of carbonyl (C=O) groups is 1. The van der Waals surface area contributed by atoms with Crippen molar-refractivity contribution >= 4 is 17.2 Å². The van der Waals surface area contributed by atoms with Gasteiger partial charge in [0.25, 0.3) is 0 Å². The lowest BCUT2D eigenvalue weighted by molar-refractivity contribution is -0.120. The molecule has 2 N–H and O–H groups in total. The van der Waals surface area contributed by atoms with E-state index in [-0.39, 0.29) is 5.91 Å². The molecule has 0 saturated carbocycles. The van der Waals surface area contributed by atoms with E-state index in [1.807, 2.05) is 48.1 Å². The minimum atomic E-state index is 0.0393. The summed E-state index contributed by atoms with van der Waals surface area (Å²) in [7, 11) is 0. The Morgan fingerprint density at radius 2 is 2.17 bits per heavy atom. The van der Waals surface area contributed by atoms with Crippen molar-refractivity contribution in [3.05, 3.63) is 80.8 Å². The van der Waals surface area contributed by atoms with Gasteiger partial charge in [0.2, 0.25) is 5.91 Å². The molecule has 3 heterocycles. The highest BCUT2D eigenvalue weighted by molar-refractivity contribution is 7.08. The summed E-state index contributed by atoms with van der Waals surface area (Å²) < 4.78 is 0. The molecule has 0 saturated heterocycles. The first-order chi connectivity index (χ1) is 14.1. The number of phenolic OH excluding ortho intramolecular Hbond substituents is 1. The monoisotopic (exact) mass is 407 g/mol. The molecule has 1 aliphatic rings. The minimum Gasteiger partial charge on any atom is -0.508 e. The third-order valence-corrected chi connectivity index (χ3v) is 6.20. The van der Waals surface area contributed by atoms with Crippen molar-refractivity contribution in [3.63, 3.8) is 0 Å². The lowest BCUT2D eigenvalue weighted by Gasteiger charge is -2.30. The van der Waals surface area contributed by atoms with Crippen molar-refractivity contribution in [1.82, 2.24) is 15.2 Å². The van der Waals surface area contributed by atoms with Crippen LogP contribution in [0.3, 0.4) is 0 Å². The zero-order valence-corrected chi connectivity index (χ0v) is 17.3. The Morgan fingerprint density at radius 3 is 2.97 bits per heavy atom. The standard InChI is InChI=1S/C23H25N3O2S/c1-16-21(12-25-23(28)10-17-7-9-29-15-17)20-6-8-26(14-19(20)11-24-16)13-18-4-2-3-5-22(18)27/h2-5,7,9,11,15,27H,6,8,10,12-14H2,1H3,(H,25,28). The number of thiophene rings is 1. The van der Waals surface area contributed by atoms with E-state index in [1.54, 1.807) is 17.4 Å². The third-order valence-electron chi connectivity index (χ3n) is 5.47. The first kappa shape index (κ1) is 19.6. The fourth-order valence-electron chi connectivity index (χ4n) is 3.86. The van der Waals surface area contributed by atoms with Gasteiger partial charge in [0, 0.05) is 43.6 Å². The zero-order valence-electron chi connectivity index (χ0n) is 16.5. The van der Waals surface area contributed by atoms with Crippen LogP contribution in [-0.2, 0) is 37.3 Å². The van der Waals surface area contributed by atoms with Gasteiger partial charge in [-0.25, -0.2) is 0 Å². The van der Waals surface area contributed by atoms with Crippen LogP contribution in [0.2, 0.25) is 0 Å². The molecule has 4 rings (SSSR count). The summed E-state index contributed by atoms with van der Waals surface area (Å²) in [6, 6.07) is 9.48. The number of amides is 1. The number of hydrogen-bond donors (Lipinski definition) is 2. The molecule has 0 fully saturated rings. The first-order valence-corrected chi connectivity index (χ1v) is 10.8. The van der Waals surface area contributed by atoms with Gasteiger partial charge in [0.05, 0.1) is 6.42 Å². The second kappa shape index (κ2) is 8.76. The number of aryl methyl sites for hydroxylation is 1. The molecule has 1 amide bonds. The Labute approximate surface area is 175 Å². The summed E-state index contributed by atoms with van der Waals surface area (Å²) in [4.78, 5) is 19.2. The highest BCUT2D eigenvalue weighted by atomic mass is 32.1. The van der Waals surface area contributed by atoms with E-state index >= 15 is 0 Å². The maximum Gasteiger partial charge on any atom is 0.224 e. The van der Waals surface area contributed by atoms with Crippen LogP contribution in [0.15, 0.2) is 47.3 Å². The van der Waals surface area contributed by atoms with Crippen LogP contribution in [0.25, 0.3) is 0 Å². The summed E-state index contributed by atoms with van der Waals surface area (Å²) in [5.41, 5.74) is 6.63. The average Bonchev–Trinajstić information content (AvgIpc) is 3.22. The number of rotatable bonds is 6. The van der Waals surface area contributed by atoms with Crippen molar-refractivity contribution in [1.29, 1.82) is 0 Å². The van der Waals surface area contributed by atoms with Crippen molar-refractivity contribution in [3.8, 4) is 5.75 Å². The molecule has 2 aromatic heterocycles. The summed E-state index contributed by atoms with van der Waals surface area (Å²) in [5.74, 6) is 0.381. The molecule has 1 aromatic carbocycles. The van der Waals surface area contributed by atoms with Gasteiger partial charge >= 0.3 is 0 Å². The van der Waals surface area contributed by atoms with E-state index in [0.29, 0.717) is 25.3 Å². The summed E-state index contributed by atoms with van der Waals surface area (Å²) in [6.45, 7) is 4.96. The van der Waals surface area contributed by atoms with Gasteiger partial charge < -0.3 is 10.4 Å². The predicted molar refractivity (Wildman–Crippen MR) is 115 cm³/mol. The molecule has 3 aromatic rings. The maximum atomic E-state index is 12.3. The van der Waals surface area contributed by atoms with Gasteiger partial charge in [0.1, 0.15) is 5.75 Å². The molecular weight excluding hydrogens is 382 g/mol. The van der Waals surface area contributed by atoms with E-state index in [1.165, 1.54) is 11.1 Å². The van der Waals surface area contributed by atoms with Crippen LogP contribution in [0.4, 0.5) is 0 Å². The fraction of sp³-hybridized carbons (Fsp3) is 0.304. The van der Waals surface area contributed by atoms with Crippen molar-refractivity contribution in [2.24, 2.45) is 0 Å². The van der Waals surface area contributed by atoms with Gasteiger partial charge in [0.15, 0.2) is 0 Å². The van der Waals surface area contributed by atoms with E-state index in [9.17, 15) is 9.90 Å². The van der Waals surface area contributed by atoms with Crippen LogP contribution < -0.4 is 5.32 Å². The maximum absolute atomic E-state index is 12.3. The molecule has 5 nitrogen and oxygen atoms in total. The molecule has 0 atom stereocenters. The van der Waals surface area contributed by atoms with Gasteiger partial charge in [-0.1, -0.05) is 18.2 Å². The SMILES string of the molecule is Cc1ncc2c(c1CNC(=O)Cc1ccsc1)CCN(Cc1ccccc1O)C2. The lowest BCUT2D eigenvalue weighted by atomic mass is 9.94. The van der Waals surface area contributed by atoms with Gasteiger partial charge in [-0.05, 0) is 58.5 Å². The number of nitrogens with zero attached hydrogens (tertiary/aromatic N) is 2. The predicted octanol–water partition coefficient (Wildman–Crippen LogP) is 3.57. The second-order valence-corrected chi connectivity index (χ2v) is 8.28. The van der Waals surface area contributed by atoms with Gasteiger partial charge in [-0.2, -0.15) is 11.3 Å². The van der Waals surface area contributed by atoms with E-state index in [4.69, 9.17) is 0 Å². The molecular formula is C23H25N3O2S. The molecule has 0 unspecified atom stereocenters. The molecule has 150 valence electrons. The largest absolute Gasteiger partial charge is 0.508 e. The number of aromatic nitrogens is 1. The van der Waals surface area contributed by atoms with Crippen LogP contribution in [0, 0.1) is 6.92 Å². The van der Waals surface area contributed by atoms with Crippen LogP contribution in [-0.4, -0.2) is 27.4 Å². The number of aromatic hydroxyl groups is 1. The molecule has 0 radical (unpaired) electrons. The summed E-state index contributed by atoms with van der Waals surface area (Å²) in [5, 5.41) is 17.1. The Balaban J connectivity index is 1.43. The third kappa shape index (κ3) is 4.66. The van der Waals surface area contributed by atoms with Gasteiger partial charge in [-0.15, -0.1) is 0 Å². The van der Waals surface area contributed by atoms with E-state index in [0.717, 1.165) is 41.9 Å². The highest BCUT2D eigenvalue weighted by Gasteiger charge is 2.21. The van der Waals surface area contributed by atoms with Crippen LogP contribution in [0.1, 0.15) is 33.5 Å². The molecule has 29 heavy (non-hydrogen) atoms. The van der Waals surface area contributed by atoms with E-state index < -0.39 is 0 Å². The molecule has 1 aliphatic heterocycles. The number of pyridine rings is 1. The zero-order chi connectivity index (χ0) is 20.2. The number of nitrogens with one attached hydrogen (secondary N) is 1.